The summed E-state index contributed by atoms with van der Waals surface area (Å²) in [7, 11) is 1.35. The Balaban J connectivity index is 2.58. The molecule has 1 atom stereocenters. The Hall–Kier alpha value is -1.36. The lowest BCUT2D eigenvalue weighted by Crippen LogP contribution is -2.17. The molecule has 1 unspecified atom stereocenters. The summed E-state index contributed by atoms with van der Waals surface area (Å²) in [6, 6.07) is 1.69. The molecule has 0 aliphatic carbocycles. The van der Waals surface area contributed by atoms with E-state index in [1.165, 1.54) is 13.4 Å². The van der Waals surface area contributed by atoms with Crippen molar-refractivity contribution < 1.29 is 14.1 Å². The number of hydrogen-bond donors (Lipinski definition) is 1. The van der Waals surface area contributed by atoms with E-state index in [0.717, 1.165) is 0 Å². The molecule has 0 aliphatic rings. The monoisotopic (exact) mass is 184 g/mol. The SMILES string of the molecule is COC(=O)CC(CN)c1ccon1. The molecular weight excluding hydrogens is 172 g/mol. The Morgan fingerprint density at radius 3 is 3.08 bits per heavy atom. The highest BCUT2D eigenvalue weighted by Gasteiger charge is 2.17. The average molecular weight is 184 g/mol. The quantitative estimate of drug-likeness (QED) is 0.680. The molecule has 0 saturated carbocycles. The van der Waals surface area contributed by atoms with Crippen LogP contribution in [0.25, 0.3) is 0 Å². The zero-order chi connectivity index (χ0) is 9.68. The van der Waals surface area contributed by atoms with Crippen molar-refractivity contribution >= 4 is 5.97 Å². The van der Waals surface area contributed by atoms with Gasteiger partial charge in [-0.15, -0.1) is 0 Å². The van der Waals surface area contributed by atoms with E-state index in [4.69, 9.17) is 5.73 Å². The van der Waals surface area contributed by atoms with E-state index >= 15 is 0 Å². The van der Waals surface area contributed by atoms with Crippen molar-refractivity contribution in [2.45, 2.75) is 12.3 Å². The Morgan fingerprint density at radius 1 is 1.85 bits per heavy atom. The fourth-order valence-corrected chi connectivity index (χ4v) is 1.03. The molecular formula is C8H12N2O3. The third kappa shape index (κ3) is 2.55. The van der Waals surface area contributed by atoms with Gasteiger partial charge in [0.05, 0.1) is 19.2 Å². The molecule has 0 aromatic carbocycles. The maximum absolute atomic E-state index is 10.9. The van der Waals surface area contributed by atoms with Gasteiger partial charge >= 0.3 is 5.97 Å². The maximum atomic E-state index is 10.9. The van der Waals surface area contributed by atoms with Crippen LogP contribution in [0.2, 0.25) is 0 Å². The van der Waals surface area contributed by atoms with Gasteiger partial charge in [0, 0.05) is 18.5 Å². The van der Waals surface area contributed by atoms with Crippen LogP contribution < -0.4 is 5.73 Å². The maximum Gasteiger partial charge on any atom is 0.306 e. The minimum absolute atomic E-state index is 0.119. The second-order valence-corrected chi connectivity index (χ2v) is 2.64. The van der Waals surface area contributed by atoms with Crippen molar-refractivity contribution in [1.82, 2.24) is 5.16 Å². The molecule has 0 radical (unpaired) electrons. The lowest BCUT2D eigenvalue weighted by Gasteiger charge is -2.08. The summed E-state index contributed by atoms with van der Waals surface area (Å²) >= 11 is 0. The molecule has 0 amide bonds. The summed E-state index contributed by atoms with van der Waals surface area (Å²) in [6.45, 7) is 0.349. The number of esters is 1. The van der Waals surface area contributed by atoms with Crippen LogP contribution in [-0.2, 0) is 9.53 Å². The third-order valence-electron chi connectivity index (χ3n) is 1.80. The van der Waals surface area contributed by atoms with Gasteiger partial charge < -0.3 is 15.0 Å². The van der Waals surface area contributed by atoms with Gasteiger partial charge in [0.15, 0.2) is 0 Å². The van der Waals surface area contributed by atoms with Crippen molar-refractivity contribution in [1.29, 1.82) is 0 Å². The lowest BCUT2D eigenvalue weighted by atomic mass is 10.0. The Bertz CT molecular complexity index is 258. The van der Waals surface area contributed by atoms with Crippen LogP contribution in [0.1, 0.15) is 18.0 Å². The van der Waals surface area contributed by atoms with Gasteiger partial charge in [-0.3, -0.25) is 4.79 Å². The number of methoxy groups -OCH3 is 1. The fourth-order valence-electron chi connectivity index (χ4n) is 1.03. The van der Waals surface area contributed by atoms with Crippen LogP contribution in [0.5, 0.6) is 0 Å². The molecule has 0 aliphatic heterocycles. The topological polar surface area (TPSA) is 78.4 Å². The molecule has 72 valence electrons. The number of carbonyl (C=O) groups excluding carboxylic acids is 1. The molecule has 0 fully saturated rings. The first-order valence-electron chi connectivity index (χ1n) is 3.95. The number of ether oxygens (including phenoxy) is 1. The molecule has 1 aromatic heterocycles. The molecule has 1 aromatic rings. The molecule has 0 bridgehead atoms. The van der Waals surface area contributed by atoms with E-state index in [-0.39, 0.29) is 18.3 Å². The summed E-state index contributed by atoms with van der Waals surface area (Å²) in [5, 5.41) is 3.71. The Labute approximate surface area is 75.8 Å². The van der Waals surface area contributed by atoms with Gasteiger partial charge in [0.1, 0.15) is 6.26 Å². The third-order valence-corrected chi connectivity index (χ3v) is 1.80. The first kappa shape index (κ1) is 9.73. The molecule has 0 saturated heterocycles. The smallest absolute Gasteiger partial charge is 0.306 e. The van der Waals surface area contributed by atoms with Gasteiger partial charge in [0.25, 0.3) is 0 Å². The molecule has 13 heavy (non-hydrogen) atoms. The number of nitrogens with zero attached hydrogens (tertiary/aromatic N) is 1. The second kappa shape index (κ2) is 4.61. The summed E-state index contributed by atoms with van der Waals surface area (Å²) in [5.74, 6) is -0.412. The van der Waals surface area contributed by atoms with Crippen LogP contribution in [-0.4, -0.2) is 24.8 Å². The molecule has 5 nitrogen and oxygen atoms in total. The highest BCUT2D eigenvalue weighted by atomic mass is 16.5. The number of hydrogen-bond acceptors (Lipinski definition) is 5. The minimum atomic E-state index is -0.293. The van der Waals surface area contributed by atoms with E-state index in [2.05, 4.69) is 14.4 Å². The Kier molecular flexibility index (Phi) is 3.45. The van der Waals surface area contributed by atoms with Crippen LogP contribution in [0.15, 0.2) is 16.9 Å². The van der Waals surface area contributed by atoms with Crippen molar-refractivity contribution in [2.24, 2.45) is 5.73 Å². The predicted octanol–water partition coefficient (Wildman–Crippen LogP) is 0.280. The highest BCUT2D eigenvalue weighted by molar-refractivity contribution is 5.70. The van der Waals surface area contributed by atoms with Gasteiger partial charge in [-0.2, -0.15) is 0 Å². The van der Waals surface area contributed by atoms with Gasteiger partial charge in [-0.1, -0.05) is 5.16 Å². The first-order valence-corrected chi connectivity index (χ1v) is 3.95. The molecule has 2 N–H and O–H groups in total. The first-order chi connectivity index (χ1) is 6.27. The highest BCUT2D eigenvalue weighted by Crippen LogP contribution is 2.16. The van der Waals surface area contributed by atoms with E-state index < -0.39 is 0 Å². The fraction of sp³-hybridized carbons (Fsp3) is 0.500. The summed E-state index contributed by atoms with van der Waals surface area (Å²) < 4.78 is 9.18. The lowest BCUT2D eigenvalue weighted by molar-refractivity contribution is -0.141. The van der Waals surface area contributed by atoms with E-state index in [9.17, 15) is 4.79 Å². The molecule has 1 rings (SSSR count). The molecule has 1 heterocycles. The molecule has 5 heteroatoms. The normalized spacial score (nSPS) is 12.5. The summed E-state index contributed by atoms with van der Waals surface area (Å²) in [5.41, 5.74) is 6.17. The molecule has 0 spiro atoms. The number of nitrogens with two attached hydrogens (primary N) is 1. The van der Waals surface area contributed by atoms with Crippen molar-refractivity contribution in [3.63, 3.8) is 0 Å². The number of aromatic nitrogens is 1. The van der Waals surface area contributed by atoms with Gasteiger partial charge in [-0.25, -0.2) is 0 Å². The largest absolute Gasteiger partial charge is 0.469 e. The number of carbonyl (C=O) groups is 1. The van der Waals surface area contributed by atoms with E-state index in [1.807, 2.05) is 0 Å². The average Bonchev–Trinajstić information content (AvgIpc) is 2.66. The zero-order valence-electron chi connectivity index (χ0n) is 7.40. The second-order valence-electron chi connectivity index (χ2n) is 2.64. The van der Waals surface area contributed by atoms with Crippen LogP contribution in [0.4, 0.5) is 0 Å². The van der Waals surface area contributed by atoms with Crippen molar-refractivity contribution in [3.8, 4) is 0 Å². The van der Waals surface area contributed by atoms with Crippen LogP contribution >= 0.6 is 0 Å². The summed E-state index contributed by atoms with van der Waals surface area (Å²) in [4.78, 5) is 10.9. The standard InChI is InChI=1S/C8H12N2O3/c1-12-8(11)4-6(5-9)7-2-3-13-10-7/h2-3,6H,4-5,9H2,1H3. The van der Waals surface area contributed by atoms with Gasteiger partial charge in [-0.05, 0) is 0 Å². The Morgan fingerprint density at radius 2 is 2.62 bits per heavy atom. The zero-order valence-corrected chi connectivity index (χ0v) is 7.40. The van der Waals surface area contributed by atoms with E-state index in [0.29, 0.717) is 12.2 Å². The van der Waals surface area contributed by atoms with Crippen LogP contribution in [0.3, 0.4) is 0 Å². The van der Waals surface area contributed by atoms with E-state index in [1.54, 1.807) is 6.07 Å². The predicted molar refractivity (Wildman–Crippen MR) is 44.9 cm³/mol. The van der Waals surface area contributed by atoms with Crippen molar-refractivity contribution in [2.75, 3.05) is 13.7 Å². The number of rotatable bonds is 4. The minimum Gasteiger partial charge on any atom is -0.469 e. The van der Waals surface area contributed by atoms with Crippen molar-refractivity contribution in [3.05, 3.63) is 18.0 Å². The summed E-state index contributed by atoms with van der Waals surface area (Å²) in [6.07, 6.45) is 1.69. The van der Waals surface area contributed by atoms with Crippen LogP contribution in [0, 0.1) is 0 Å². The van der Waals surface area contributed by atoms with Gasteiger partial charge in [0.2, 0.25) is 0 Å².